The number of hydrogen-bond acceptors (Lipinski definition) is 5. The molecule has 33 heavy (non-hydrogen) atoms. The lowest BCUT2D eigenvalue weighted by atomic mass is 10.1. The van der Waals surface area contributed by atoms with E-state index in [1.807, 2.05) is 13.0 Å². The Hall–Kier alpha value is -2.49. The highest BCUT2D eigenvalue weighted by atomic mass is 35.5. The van der Waals surface area contributed by atoms with Gasteiger partial charge in [-0.3, -0.25) is 9.52 Å². The maximum absolute atomic E-state index is 13.4. The molecular weight excluding hydrogens is 485 g/mol. The van der Waals surface area contributed by atoms with E-state index in [0.29, 0.717) is 22.0 Å². The van der Waals surface area contributed by atoms with E-state index in [4.69, 9.17) is 11.6 Å². The summed E-state index contributed by atoms with van der Waals surface area (Å²) < 4.78 is 42.0. The van der Waals surface area contributed by atoms with Gasteiger partial charge in [0.2, 0.25) is 5.91 Å². The summed E-state index contributed by atoms with van der Waals surface area (Å²) in [7, 11) is -3.96. The van der Waals surface area contributed by atoms with Gasteiger partial charge in [-0.1, -0.05) is 47.9 Å². The van der Waals surface area contributed by atoms with Crippen LogP contribution in [-0.2, 0) is 14.8 Å². The van der Waals surface area contributed by atoms with Crippen LogP contribution in [0.4, 0.5) is 15.2 Å². The van der Waals surface area contributed by atoms with Crippen molar-refractivity contribution in [1.82, 2.24) is 4.98 Å². The van der Waals surface area contributed by atoms with Crippen LogP contribution in [0.1, 0.15) is 36.9 Å². The average molecular weight is 508 g/mol. The molecule has 0 radical (unpaired) electrons. The van der Waals surface area contributed by atoms with Crippen LogP contribution in [-0.4, -0.2) is 19.3 Å². The van der Waals surface area contributed by atoms with Crippen LogP contribution >= 0.6 is 22.9 Å². The summed E-state index contributed by atoms with van der Waals surface area (Å²) in [6.45, 7) is 3.52. The molecule has 2 aromatic carbocycles. The van der Waals surface area contributed by atoms with Gasteiger partial charge in [-0.25, -0.2) is 17.8 Å². The van der Waals surface area contributed by atoms with Crippen LogP contribution in [0.25, 0.3) is 10.4 Å². The zero-order valence-corrected chi connectivity index (χ0v) is 20.5. The molecule has 0 saturated heterocycles. The molecule has 174 valence electrons. The summed E-state index contributed by atoms with van der Waals surface area (Å²) in [5.74, 6) is -0.615. The molecule has 1 saturated carbocycles. The minimum atomic E-state index is -3.96. The Labute approximate surface area is 201 Å². The number of thiazole rings is 1. The molecule has 1 aromatic heterocycles. The molecule has 10 heteroatoms. The number of rotatable bonds is 6. The second-order valence-electron chi connectivity index (χ2n) is 8.12. The Balaban J connectivity index is 1.61. The monoisotopic (exact) mass is 507 g/mol. The number of aryl methyl sites for hydroxylation is 2. The van der Waals surface area contributed by atoms with Gasteiger partial charge in [0.15, 0.2) is 5.13 Å². The topological polar surface area (TPSA) is 88.2 Å². The van der Waals surface area contributed by atoms with Crippen molar-refractivity contribution in [2.45, 2.75) is 44.4 Å². The lowest BCUT2D eigenvalue weighted by Gasteiger charge is -2.12. The van der Waals surface area contributed by atoms with Crippen LogP contribution in [0.5, 0.6) is 0 Å². The molecule has 1 aliphatic rings. The summed E-state index contributed by atoms with van der Waals surface area (Å²) in [6, 6.07) is 8.76. The molecule has 3 aromatic rings. The first kappa shape index (κ1) is 23.7. The van der Waals surface area contributed by atoms with E-state index in [0.717, 1.165) is 36.6 Å². The fraction of sp³-hybridized carbons (Fsp3) is 0.304. The zero-order chi connectivity index (χ0) is 23.8. The number of nitrogens with one attached hydrogen (secondary N) is 2. The number of benzene rings is 2. The lowest BCUT2D eigenvalue weighted by Crippen LogP contribution is -2.20. The van der Waals surface area contributed by atoms with Gasteiger partial charge in [0, 0.05) is 5.92 Å². The largest absolute Gasteiger partial charge is 0.302 e. The van der Waals surface area contributed by atoms with Gasteiger partial charge in [0.25, 0.3) is 10.0 Å². The minimum Gasteiger partial charge on any atom is -0.302 e. The van der Waals surface area contributed by atoms with E-state index in [2.05, 4.69) is 15.0 Å². The van der Waals surface area contributed by atoms with Gasteiger partial charge in [-0.2, -0.15) is 0 Å². The summed E-state index contributed by atoms with van der Waals surface area (Å²) >= 11 is 7.09. The van der Waals surface area contributed by atoms with Crippen LogP contribution < -0.4 is 10.0 Å². The predicted molar refractivity (Wildman–Crippen MR) is 130 cm³/mol. The first-order valence-electron chi connectivity index (χ1n) is 10.5. The number of sulfonamides is 1. The van der Waals surface area contributed by atoms with Crippen molar-refractivity contribution in [2.75, 3.05) is 10.0 Å². The molecule has 2 N–H and O–H groups in total. The Bertz CT molecular complexity index is 1320. The maximum Gasteiger partial charge on any atom is 0.262 e. The van der Waals surface area contributed by atoms with Gasteiger partial charge < -0.3 is 5.32 Å². The molecule has 1 amide bonds. The zero-order valence-electron chi connectivity index (χ0n) is 18.1. The SMILES string of the molecule is Cc1ccc(-c2sc(NC(=O)C3CCCC3)nc2C)cc1S(=O)(=O)Nc1ccc(F)c(Cl)c1. The van der Waals surface area contributed by atoms with Gasteiger partial charge in [-0.15, -0.1) is 0 Å². The number of anilines is 2. The highest BCUT2D eigenvalue weighted by Crippen LogP contribution is 2.36. The Morgan fingerprint density at radius 1 is 1.15 bits per heavy atom. The van der Waals surface area contributed by atoms with E-state index >= 15 is 0 Å². The molecule has 1 aliphatic carbocycles. The summed E-state index contributed by atoms with van der Waals surface area (Å²) in [6.07, 6.45) is 3.93. The van der Waals surface area contributed by atoms with Crippen molar-refractivity contribution in [3.8, 4) is 10.4 Å². The first-order valence-corrected chi connectivity index (χ1v) is 13.2. The molecule has 1 fully saturated rings. The molecule has 0 bridgehead atoms. The predicted octanol–water partition coefficient (Wildman–Crippen LogP) is 6.15. The van der Waals surface area contributed by atoms with Crippen LogP contribution in [0.15, 0.2) is 41.3 Å². The molecule has 1 heterocycles. The lowest BCUT2D eigenvalue weighted by molar-refractivity contribution is -0.119. The second-order valence-corrected chi connectivity index (χ2v) is 11.2. The standard InChI is InChI=1S/C23H23ClFN3O3S2/c1-13-7-8-16(11-20(13)33(30,31)28-17-9-10-19(25)18(24)12-17)21-14(2)26-23(32-21)27-22(29)15-5-3-4-6-15/h7-12,15,28H,3-6H2,1-2H3,(H,26,27,29). The number of carbonyl (C=O) groups is 1. The number of halogens is 2. The molecule has 0 unspecified atom stereocenters. The van der Waals surface area contributed by atoms with Gasteiger partial charge in [0.1, 0.15) is 5.82 Å². The maximum atomic E-state index is 13.4. The highest BCUT2D eigenvalue weighted by Gasteiger charge is 2.24. The highest BCUT2D eigenvalue weighted by molar-refractivity contribution is 7.92. The molecule has 0 aliphatic heterocycles. The summed E-state index contributed by atoms with van der Waals surface area (Å²) in [5, 5.41) is 3.24. The first-order chi connectivity index (χ1) is 15.6. The van der Waals surface area contributed by atoms with Crippen LogP contribution in [0, 0.1) is 25.6 Å². The molecule has 0 atom stereocenters. The van der Waals surface area contributed by atoms with E-state index in [-0.39, 0.29) is 27.4 Å². The summed E-state index contributed by atoms with van der Waals surface area (Å²) in [4.78, 5) is 17.8. The van der Waals surface area contributed by atoms with E-state index in [1.54, 1.807) is 19.1 Å². The van der Waals surface area contributed by atoms with Crippen molar-refractivity contribution >= 4 is 49.7 Å². The molecular formula is C23H23ClFN3O3S2. The Morgan fingerprint density at radius 2 is 1.88 bits per heavy atom. The van der Waals surface area contributed by atoms with Crippen LogP contribution in [0.2, 0.25) is 5.02 Å². The minimum absolute atomic E-state index is 0.0119. The third kappa shape index (κ3) is 5.20. The quantitative estimate of drug-likeness (QED) is 0.419. The molecule has 0 spiro atoms. The number of nitrogens with zero attached hydrogens (tertiary/aromatic N) is 1. The van der Waals surface area contributed by atoms with Crippen molar-refractivity contribution < 1.29 is 17.6 Å². The fourth-order valence-electron chi connectivity index (χ4n) is 3.91. The van der Waals surface area contributed by atoms with Gasteiger partial charge >= 0.3 is 0 Å². The summed E-state index contributed by atoms with van der Waals surface area (Å²) in [5.41, 5.74) is 2.09. The third-order valence-corrected chi connectivity index (χ3v) is 8.60. The smallest absolute Gasteiger partial charge is 0.262 e. The fourth-order valence-corrected chi connectivity index (χ4v) is 6.38. The number of aromatic nitrogens is 1. The van der Waals surface area contributed by atoms with E-state index in [1.165, 1.54) is 23.5 Å². The van der Waals surface area contributed by atoms with E-state index < -0.39 is 15.8 Å². The number of carbonyl (C=O) groups excluding carboxylic acids is 1. The Kier molecular flexibility index (Phi) is 6.74. The van der Waals surface area contributed by atoms with Crippen molar-refractivity contribution in [2.24, 2.45) is 5.92 Å². The number of amides is 1. The van der Waals surface area contributed by atoms with Crippen molar-refractivity contribution in [3.63, 3.8) is 0 Å². The van der Waals surface area contributed by atoms with Crippen LogP contribution in [0.3, 0.4) is 0 Å². The normalized spacial score (nSPS) is 14.4. The van der Waals surface area contributed by atoms with Gasteiger partial charge in [-0.05, 0) is 62.1 Å². The Morgan fingerprint density at radius 3 is 2.58 bits per heavy atom. The third-order valence-electron chi connectivity index (χ3n) is 5.66. The van der Waals surface area contributed by atoms with Crippen molar-refractivity contribution in [3.05, 3.63) is 58.5 Å². The molecule has 4 rings (SSSR count). The average Bonchev–Trinajstić information content (AvgIpc) is 3.41. The van der Waals surface area contributed by atoms with Gasteiger partial charge in [0.05, 0.1) is 26.2 Å². The molecule has 6 nitrogen and oxygen atoms in total. The second kappa shape index (κ2) is 9.40. The number of hydrogen-bond donors (Lipinski definition) is 2. The van der Waals surface area contributed by atoms with Crippen molar-refractivity contribution in [1.29, 1.82) is 0 Å². The van der Waals surface area contributed by atoms with E-state index in [9.17, 15) is 17.6 Å².